The van der Waals surface area contributed by atoms with Gasteiger partial charge in [0.2, 0.25) is 0 Å². The van der Waals surface area contributed by atoms with E-state index < -0.39 is 0 Å². The third kappa shape index (κ3) is 3.82. The third-order valence-corrected chi connectivity index (χ3v) is 5.97. The molecule has 2 amide bonds. The molecule has 136 valence electrons. The molecule has 5 nitrogen and oxygen atoms in total. The van der Waals surface area contributed by atoms with Gasteiger partial charge in [-0.3, -0.25) is 4.90 Å². The molecule has 1 aromatic carbocycles. The first-order chi connectivity index (χ1) is 12.3. The fourth-order valence-corrected chi connectivity index (χ4v) is 4.52. The standard InChI is InChI=1S/C20H29N3O2/c24-20(23-12-8-18(15-23)22-10-4-5-11-22)21-14-17-9-13-25-19(17)16-6-2-1-3-7-16/h1-3,6-7,17-19H,4-5,8-15H2,(H,21,24). The lowest BCUT2D eigenvalue weighted by Gasteiger charge is -2.24. The molecule has 0 aliphatic carbocycles. The number of nitrogens with zero attached hydrogens (tertiary/aromatic N) is 2. The zero-order valence-corrected chi connectivity index (χ0v) is 14.9. The van der Waals surface area contributed by atoms with Crippen LogP contribution in [0.5, 0.6) is 0 Å². The number of hydrogen-bond donors (Lipinski definition) is 1. The van der Waals surface area contributed by atoms with E-state index in [1.54, 1.807) is 0 Å². The van der Waals surface area contributed by atoms with Crippen molar-refractivity contribution in [3.63, 3.8) is 0 Å². The van der Waals surface area contributed by atoms with Crippen LogP contribution in [0, 0.1) is 5.92 Å². The summed E-state index contributed by atoms with van der Waals surface area (Å²) in [4.78, 5) is 17.1. The lowest BCUT2D eigenvalue weighted by molar-refractivity contribution is 0.0905. The van der Waals surface area contributed by atoms with Crippen molar-refractivity contribution < 1.29 is 9.53 Å². The fourth-order valence-electron chi connectivity index (χ4n) is 4.52. The molecule has 3 fully saturated rings. The van der Waals surface area contributed by atoms with Crippen molar-refractivity contribution in [1.82, 2.24) is 15.1 Å². The molecule has 0 spiro atoms. The second kappa shape index (κ2) is 7.75. The van der Waals surface area contributed by atoms with E-state index in [4.69, 9.17) is 4.74 Å². The Morgan fingerprint density at radius 2 is 1.92 bits per heavy atom. The van der Waals surface area contributed by atoms with Crippen LogP contribution in [0.3, 0.4) is 0 Å². The van der Waals surface area contributed by atoms with Crippen LogP contribution < -0.4 is 5.32 Å². The minimum atomic E-state index is 0.0976. The molecule has 0 aromatic heterocycles. The SMILES string of the molecule is O=C(NCC1CCOC1c1ccccc1)N1CCC(N2CCCC2)C1. The zero-order chi connectivity index (χ0) is 17.1. The number of likely N-dealkylation sites (tertiary alicyclic amines) is 2. The first-order valence-corrected chi connectivity index (χ1v) is 9.74. The zero-order valence-electron chi connectivity index (χ0n) is 14.9. The molecule has 0 radical (unpaired) electrons. The van der Waals surface area contributed by atoms with Crippen molar-refractivity contribution in [2.24, 2.45) is 5.92 Å². The second-order valence-electron chi connectivity index (χ2n) is 7.57. The van der Waals surface area contributed by atoms with E-state index in [9.17, 15) is 4.79 Å². The van der Waals surface area contributed by atoms with Gasteiger partial charge in [-0.25, -0.2) is 4.79 Å². The number of benzene rings is 1. The first-order valence-electron chi connectivity index (χ1n) is 9.74. The second-order valence-corrected chi connectivity index (χ2v) is 7.57. The number of carbonyl (C=O) groups excluding carboxylic acids is 1. The van der Waals surface area contributed by atoms with Crippen molar-refractivity contribution >= 4 is 6.03 Å². The van der Waals surface area contributed by atoms with Crippen molar-refractivity contribution in [3.05, 3.63) is 35.9 Å². The van der Waals surface area contributed by atoms with Crippen LogP contribution in [0.4, 0.5) is 4.79 Å². The Morgan fingerprint density at radius 1 is 1.12 bits per heavy atom. The van der Waals surface area contributed by atoms with Crippen LogP contribution in [0.2, 0.25) is 0 Å². The third-order valence-electron chi connectivity index (χ3n) is 5.97. The van der Waals surface area contributed by atoms with Crippen molar-refractivity contribution in [1.29, 1.82) is 0 Å². The predicted molar refractivity (Wildman–Crippen MR) is 97.4 cm³/mol. The molecule has 3 atom stereocenters. The lowest BCUT2D eigenvalue weighted by Crippen LogP contribution is -2.43. The molecule has 4 rings (SSSR count). The number of amides is 2. The molecular weight excluding hydrogens is 314 g/mol. The number of rotatable bonds is 4. The van der Waals surface area contributed by atoms with Crippen LogP contribution in [0.25, 0.3) is 0 Å². The van der Waals surface area contributed by atoms with Gasteiger partial charge in [-0.15, -0.1) is 0 Å². The van der Waals surface area contributed by atoms with E-state index in [0.29, 0.717) is 18.5 Å². The van der Waals surface area contributed by atoms with Crippen LogP contribution in [-0.4, -0.2) is 61.2 Å². The Hall–Kier alpha value is -1.59. The summed E-state index contributed by atoms with van der Waals surface area (Å²) in [5, 5.41) is 3.17. The van der Waals surface area contributed by atoms with E-state index in [-0.39, 0.29) is 12.1 Å². The first kappa shape index (κ1) is 16.9. The van der Waals surface area contributed by atoms with Gasteiger partial charge in [-0.1, -0.05) is 30.3 Å². The Bertz CT molecular complexity index is 574. The Labute approximate surface area is 150 Å². The fraction of sp³-hybridized carbons (Fsp3) is 0.650. The molecule has 3 aliphatic rings. The minimum Gasteiger partial charge on any atom is -0.373 e. The topological polar surface area (TPSA) is 44.8 Å². The van der Waals surface area contributed by atoms with Crippen LogP contribution in [-0.2, 0) is 4.74 Å². The maximum Gasteiger partial charge on any atom is 0.317 e. The maximum atomic E-state index is 12.6. The highest BCUT2D eigenvalue weighted by molar-refractivity contribution is 5.74. The highest BCUT2D eigenvalue weighted by Crippen LogP contribution is 2.34. The molecule has 1 N–H and O–H groups in total. The van der Waals surface area contributed by atoms with Gasteiger partial charge in [0.05, 0.1) is 6.10 Å². The van der Waals surface area contributed by atoms with Gasteiger partial charge >= 0.3 is 6.03 Å². The van der Waals surface area contributed by atoms with E-state index >= 15 is 0 Å². The summed E-state index contributed by atoms with van der Waals surface area (Å²) in [5.41, 5.74) is 1.22. The summed E-state index contributed by atoms with van der Waals surface area (Å²) in [6.07, 6.45) is 4.86. The number of carbonyl (C=O) groups is 1. The summed E-state index contributed by atoms with van der Waals surface area (Å²) in [6.45, 7) is 5.66. The average Bonchev–Trinajstić information content (AvgIpc) is 3.41. The molecule has 5 heteroatoms. The van der Waals surface area contributed by atoms with Gasteiger partial charge in [-0.2, -0.15) is 0 Å². The van der Waals surface area contributed by atoms with Gasteiger partial charge < -0.3 is 15.0 Å². The number of hydrogen-bond acceptors (Lipinski definition) is 3. The molecule has 3 unspecified atom stereocenters. The van der Waals surface area contributed by atoms with E-state index in [0.717, 1.165) is 32.5 Å². The number of ether oxygens (including phenoxy) is 1. The van der Waals surface area contributed by atoms with Crippen LogP contribution in [0.15, 0.2) is 30.3 Å². The molecule has 3 heterocycles. The molecular formula is C20H29N3O2. The molecule has 0 bridgehead atoms. The summed E-state index contributed by atoms with van der Waals surface area (Å²) < 4.78 is 5.92. The number of nitrogens with one attached hydrogen (secondary N) is 1. The summed E-state index contributed by atoms with van der Waals surface area (Å²) >= 11 is 0. The maximum absolute atomic E-state index is 12.6. The van der Waals surface area contributed by atoms with E-state index in [1.807, 2.05) is 11.0 Å². The molecule has 1 aromatic rings. The van der Waals surface area contributed by atoms with Gasteiger partial charge in [-0.05, 0) is 44.3 Å². The Balaban J connectivity index is 1.27. The van der Waals surface area contributed by atoms with Gasteiger partial charge in [0, 0.05) is 38.2 Å². The highest BCUT2D eigenvalue weighted by atomic mass is 16.5. The Morgan fingerprint density at radius 3 is 2.72 bits per heavy atom. The molecule has 3 aliphatic heterocycles. The van der Waals surface area contributed by atoms with Gasteiger partial charge in [0.1, 0.15) is 0 Å². The predicted octanol–water partition coefficient (Wildman–Crippen LogP) is 2.64. The highest BCUT2D eigenvalue weighted by Gasteiger charge is 2.33. The average molecular weight is 343 g/mol. The summed E-state index contributed by atoms with van der Waals surface area (Å²) in [5.74, 6) is 0.364. The van der Waals surface area contributed by atoms with Crippen molar-refractivity contribution in [2.75, 3.05) is 39.3 Å². The van der Waals surface area contributed by atoms with E-state index in [2.05, 4.69) is 34.5 Å². The van der Waals surface area contributed by atoms with Gasteiger partial charge in [0.25, 0.3) is 0 Å². The molecule has 0 saturated carbocycles. The summed E-state index contributed by atoms with van der Waals surface area (Å²) in [6, 6.07) is 11.0. The molecule has 3 saturated heterocycles. The van der Waals surface area contributed by atoms with E-state index in [1.165, 1.54) is 31.5 Å². The monoisotopic (exact) mass is 343 g/mol. The minimum absolute atomic E-state index is 0.0976. The Kier molecular flexibility index (Phi) is 5.22. The lowest BCUT2D eigenvalue weighted by atomic mass is 9.95. The van der Waals surface area contributed by atoms with Crippen LogP contribution in [0.1, 0.15) is 37.4 Å². The van der Waals surface area contributed by atoms with Crippen LogP contribution >= 0.6 is 0 Å². The summed E-state index contributed by atoms with van der Waals surface area (Å²) in [7, 11) is 0. The largest absolute Gasteiger partial charge is 0.373 e. The smallest absolute Gasteiger partial charge is 0.317 e. The normalized spacial score (nSPS) is 30.1. The quantitative estimate of drug-likeness (QED) is 0.914. The van der Waals surface area contributed by atoms with Gasteiger partial charge in [0.15, 0.2) is 0 Å². The van der Waals surface area contributed by atoms with Crippen molar-refractivity contribution in [2.45, 2.75) is 37.8 Å². The molecule has 25 heavy (non-hydrogen) atoms. The van der Waals surface area contributed by atoms with Crippen molar-refractivity contribution in [3.8, 4) is 0 Å². The number of urea groups is 1.